The van der Waals surface area contributed by atoms with Gasteiger partial charge >= 0.3 is 0 Å². The van der Waals surface area contributed by atoms with Crippen LogP contribution in [0.2, 0.25) is 0 Å². The number of rotatable bonds is 7. The lowest BCUT2D eigenvalue weighted by molar-refractivity contribution is 0.130. The minimum atomic E-state index is 0.570. The zero-order valence-corrected chi connectivity index (χ0v) is 12.7. The fourth-order valence-corrected chi connectivity index (χ4v) is 2.01. The van der Waals surface area contributed by atoms with Crippen LogP contribution in [0.4, 0.5) is 5.82 Å². The number of aromatic nitrogens is 2. The lowest BCUT2D eigenvalue weighted by atomic mass is 10.2. The number of methoxy groups -OCH3 is 1. The molecule has 0 spiro atoms. The molecule has 1 aromatic carbocycles. The number of aryl methyl sites for hydroxylation is 2. The number of nitrogens with one attached hydrogen (secondary N) is 1. The molecule has 0 atom stereocenters. The topological polar surface area (TPSA) is 56.3 Å². The average Bonchev–Trinajstić information content (AvgIpc) is 2.46. The highest BCUT2D eigenvalue weighted by atomic mass is 16.5. The molecule has 0 saturated heterocycles. The molecule has 1 aromatic heterocycles. The molecule has 1 heterocycles. The summed E-state index contributed by atoms with van der Waals surface area (Å²) in [4.78, 5) is 8.56. The van der Waals surface area contributed by atoms with E-state index in [0.717, 1.165) is 28.6 Å². The molecule has 2 rings (SSSR count). The fraction of sp³-hybridized carbons (Fsp3) is 0.375. The molecule has 0 aliphatic carbocycles. The molecular weight excluding hydrogens is 266 g/mol. The predicted octanol–water partition coefficient (Wildman–Crippen LogP) is 2.73. The van der Waals surface area contributed by atoms with Crippen molar-refractivity contribution in [1.82, 2.24) is 9.97 Å². The number of anilines is 1. The molecule has 21 heavy (non-hydrogen) atoms. The molecule has 5 nitrogen and oxygen atoms in total. The third kappa shape index (κ3) is 5.04. The quantitative estimate of drug-likeness (QED) is 0.794. The summed E-state index contributed by atoms with van der Waals surface area (Å²) in [5.74, 6) is 2.46. The van der Waals surface area contributed by atoms with Gasteiger partial charge in [-0.05, 0) is 31.5 Å². The molecule has 112 valence electrons. The monoisotopic (exact) mass is 287 g/mol. The minimum Gasteiger partial charge on any atom is -0.497 e. The van der Waals surface area contributed by atoms with Crippen molar-refractivity contribution in [2.45, 2.75) is 20.5 Å². The molecule has 0 amide bonds. The third-order valence-electron chi connectivity index (χ3n) is 2.92. The minimum absolute atomic E-state index is 0.570. The van der Waals surface area contributed by atoms with E-state index in [1.165, 1.54) is 0 Å². The summed E-state index contributed by atoms with van der Waals surface area (Å²) in [5, 5.41) is 3.23. The third-order valence-corrected chi connectivity index (χ3v) is 2.92. The standard InChI is InChI=1S/C16H21N3O2/c1-12-9-16(19-13(2)18-12)17-7-8-21-11-14-5-4-6-15(10-14)20-3/h4-6,9-10H,7-8,11H2,1-3H3,(H,17,18,19). The normalized spacial score (nSPS) is 10.4. The first-order valence-corrected chi connectivity index (χ1v) is 6.94. The summed E-state index contributed by atoms with van der Waals surface area (Å²) in [5.41, 5.74) is 2.06. The number of ether oxygens (including phenoxy) is 2. The van der Waals surface area contributed by atoms with Gasteiger partial charge in [-0.3, -0.25) is 0 Å². The molecule has 1 N–H and O–H groups in total. The number of nitrogens with zero attached hydrogens (tertiary/aromatic N) is 2. The van der Waals surface area contributed by atoms with Crippen LogP contribution in [0.15, 0.2) is 30.3 Å². The predicted molar refractivity (Wildman–Crippen MR) is 82.6 cm³/mol. The van der Waals surface area contributed by atoms with Crippen LogP contribution < -0.4 is 10.1 Å². The Morgan fingerprint density at radius 3 is 2.76 bits per heavy atom. The van der Waals surface area contributed by atoms with Crippen molar-refractivity contribution < 1.29 is 9.47 Å². The van der Waals surface area contributed by atoms with Crippen LogP contribution in [0, 0.1) is 13.8 Å². The van der Waals surface area contributed by atoms with Crippen molar-refractivity contribution in [3.05, 3.63) is 47.4 Å². The molecule has 0 aliphatic heterocycles. The van der Waals surface area contributed by atoms with Crippen LogP contribution in [0.5, 0.6) is 5.75 Å². The second-order valence-corrected chi connectivity index (χ2v) is 4.77. The van der Waals surface area contributed by atoms with Crippen LogP contribution in [-0.4, -0.2) is 30.2 Å². The van der Waals surface area contributed by atoms with Crippen LogP contribution in [-0.2, 0) is 11.3 Å². The number of hydrogen-bond acceptors (Lipinski definition) is 5. The Kier molecular flexibility index (Phi) is 5.51. The Morgan fingerprint density at radius 2 is 2.00 bits per heavy atom. The van der Waals surface area contributed by atoms with Crippen LogP contribution in [0.1, 0.15) is 17.1 Å². The average molecular weight is 287 g/mol. The molecule has 0 saturated carbocycles. The van der Waals surface area contributed by atoms with Crippen LogP contribution >= 0.6 is 0 Å². The van der Waals surface area contributed by atoms with Gasteiger partial charge in [-0.1, -0.05) is 12.1 Å². The Balaban J connectivity index is 1.72. The summed E-state index contributed by atoms with van der Waals surface area (Å²) in [6, 6.07) is 9.81. The SMILES string of the molecule is COc1cccc(COCCNc2cc(C)nc(C)n2)c1. The van der Waals surface area contributed by atoms with Crippen molar-refractivity contribution in [1.29, 1.82) is 0 Å². The summed E-state index contributed by atoms with van der Waals surface area (Å²) < 4.78 is 10.8. The Hall–Kier alpha value is -2.14. The smallest absolute Gasteiger partial charge is 0.129 e. The van der Waals surface area contributed by atoms with Gasteiger partial charge in [-0.15, -0.1) is 0 Å². The molecular formula is C16H21N3O2. The molecule has 5 heteroatoms. The maximum Gasteiger partial charge on any atom is 0.129 e. The van der Waals surface area contributed by atoms with Crippen molar-refractivity contribution in [2.75, 3.05) is 25.6 Å². The van der Waals surface area contributed by atoms with Gasteiger partial charge in [0.1, 0.15) is 17.4 Å². The van der Waals surface area contributed by atoms with Gasteiger partial charge in [0.05, 0.1) is 20.3 Å². The van der Waals surface area contributed by atoms with Gasteiger partial charge in [-0.25, -0.2) is 9.97 Å². The maximum atomic E-state index is 5.64. The molecule has 0 aliphatic rings. The summed E-state index contributed by atoms with van der Waals surface area (Å²) >= 11 is 0. The molecule has 0 radical (unpaired) electrons. The number of hydrogen-bond donors (Lipinski definition) is 1. The Morgan fingerprint density at radius 1 is 1.14 bits per heavy atom. The lowest BCUT2D eigenvalue weighted by Gasteiger charge is -2.08. The molecule has 0 fully saturated rings. The largest absolute Gasteiger partial charge is 0.497 e. The summed E-state index contributed by atoms with van der Waals surface area (Å²) in [7, 11) is 1.66. The van der Waals surface area contributed by atoms with E-state index < -0.39 is 0 Å². The molecule has 0 unspecified atom stereocenters. The second kappa shape index (κ2) is 7.59. The molecule has 0 bridgehead atoms. The van der Waals surface area contributed by atoms with E-state index in [-0.39, 0.29) is 0 Å². The van der Waals surface area contributed by atoms with Gasteiger partial charge in [0, 0.05) is 18.3 Å². The first kappa shape index (κ1) is 15.3. The van der Waals surface area contributed by atoms with E-state index in [1.807, 2.05) is 44.2 Å². The molecule has 2 aromatic rings. The van der Waals surface area contributed by atoms with E-state index in [0.29, 0.717) is 19.8 Å². The van der Waals surface area contributed by atoms with E-state index in [9.17, 15) is 0 Å². The van der Waals surface area contributed by atoms with Crippen molar-refractivity contribution in [3.63, 3.8) is 0 Å². The first-order valence-electron chi connectivity index (χ1n) is 6.94. The van der Waals surface area contributed by atoms with E-state index >= 15 is 0 Å². The highest BCUT2D eigenvalue weighted by molar-refractivity contribution is 5.35. The fourth-order valence-electron chi connectivity index (χ4n) is 2.01. The van der Waals surface area contributed by atoms with Gasteiger partial charge in [0.2, 0.25) is 0 Å². The van der Waals surface area contributed by atoms with Gasteiger partial charge in [0.25, 0.3) is 0 Å². The van der Waals surface area contributed by atoms with Crippen molar-refractivity contribution in [2.24, 2.45) is 0 Å². The highest BCUT2D eigenvalue weighted by Crippen LogP contribution is 2.13. The zero-order chi connectivity index (χ0) is 15.1. The second-order valence-electron chi connectivity index (χ2n) is 4.77. The van der Waals surface area contributed by atoms with E-state index in [1.54, 1.807) is 7.11 Å². The lowest BCUT2D eigenvalue weighted by Crippen LogP contribution is -2.11. The van der Waals surface area contributed by atoms with Crippen molar-refractivity contribution in [3.8, 4) is 5.75 Å². The van der Waals surface area contributed by atoms with Crippen molar-refractivity contribution >= 4 is 5.82 Å². The highest BCUT2D eigenvalue weighted by Gasteiger charge is 1.99. The zero-order valence-electron chi connectivity index (χ0n) is 12.7. The van der Waals surface area contributed by atoms with Gasteiger partial charge in [0.15, 0.2) is 0 Å². The van der Waals surface area contributed by atoms with Gasteiger partial charge < -0.3 is 14.8 Å². The maximum absolute atomic E-state index is 5.64. The van der Waals surface area contributed by atoms with Gasteiger partial charge in [-0.2, -0.15) is 0 Å². The first-order chi connectivity index (χ1) is 10.2. The number of benzene rings is 1. The summed E-state index contributed by atoms with van der Waals surface area (Å²) in [6.07, 6.45) is 0. The van der Waals surface area contributed by atoms with Crippen LogP contribution in [0.3, 0.4) is 0 Å². The van der Waals surface area contributed by atoms with E-state index in [2.05, 4.69) is 15.3 Å². The van der Waals surface area contributed by atoms with E-state index in [4.69, 9.17) is 9.47 Å². The Bertz CT molecular complexity index is 567. The summed E-state index contributed by atoms with van der Waals surface area (Å²) in [6.45, 7) is 5.73. The Labute approximate surface area is 125 Å². The van der Waals surface area contributed by atoms with Crippen LogP contribution in [0.25, 0.3) is 0 Å².